The van der Waals surface area contributed by atoms with Gasteiger partial charge in [0.25, 0.3) is 5.91 Å². The monoisotopic (exact) mass is 366 g/mol. The first kappa shape index (κ1) is 18.0. The number of nitrogens with zero attached hydrogens (tertiary/aromatic N) is 1. The Morgan fingerprint density at radius 3 is 2.65 bits per heavy atom. The van der Waals surface area contributed by atoms with Crippen LogP contribution in [0.3, 0.4) is 0 Å². The van der Waals surface area contributed by atoms with E-state index in [4.69, 9.17) is 16.3 Å². The first-order valence-corrected chi connectivity index (χ1v) is 8.76. The molecule has 0 atom stereocenters. The zero-order valence-electron chi connectivity index (χ0n) is 14.4. The van der Waals surface area contributed by atoms with E-state index in [-0.39, 0.29) is 12.5 Å². The molecule has 26 heavy (non-hydrogen) atoms. The van der Waals surface area contributed by atoms with Gasteiger partial charge < -0.3 is 10.1 Å². The van der Waals surface area contributed by atoms with Crippen molar-refractivity contribution < 1.29 is 9.53 Å². The lowest BCUT2D eigenvalue weighted by atomic mass is 10.1. The third kappa shape index (κ3) is 4.83. The number of carbonyl (C=O) groups is 1. The van der Waals surface area contributed by atoms with Crippen LogP contribution < -0.4 is 10.1 Å². The summed E-state index contributed by atoms with van der Waals surface area (Å²) >= 11 is 6.03. The largest absolute Gasteiger partial charge is 0.484 e. The Labute approximate surface area is 157 Å². The number of ether oxygens (including phenoxy) is 1. The fraction of sp³-hybridized carbons (Fsp3) is 0.143. The topological polar surface area (TPSA) is 51.2 Å². The van der Waals surface area contributed by atoms with Crippen molar-refractivity contribution >= 4 is 40.6 Å². The smallest absolute Gasteiger partial charge is 0.257 e. The third-order valence-electron chi connectivity index (χ3n) is 3.75. The van der Waals surface area contributed by atoms with Crippen LogP contribution in [0.2, 0.25) is 5.02 Å². The SMILES string of the molecule is CCNC(=O)COc1ccc(/C=C/c2ccc3ccc(Cl)cc3n2)cc1. The Bertz CT molecular complexity index is 936. The quantitative estimate of drug-likeness (QED) is 0.695. The number of likely N-dealkylation sites (N-methyl/N-ethyl adjacent to an activating group) is 1. The fourth-order valence-electron chi connectivity index (χ4n) is 2.45. The molecule has 0 aliphatic carbocycles. The van der Waals surface area contributed by atoms with Gasteiger partial charge in [0.15, 0.2) is 6.61 Å². The van der Waals surface area contributed by atoms with Crippen LogP contribution in [0, 0.1) is 0 Å². The van der Waals surface area contributed by atoms with Crippen molar-refractivity contribution in [3.8, 4) is 5.75 Å². The lowest BCUT2D eigenvalue weighted by Gasteiger charge is -2.06. The molecule has 1 heterocycles. The number of nitrogens with one attached hydrogen (secondary N) is 1. The van der Waals surface area contributed by atoms with Crippen LogP contribution >= 0.6 is 11.6 Å². The number of halogens is 1. The Morgan fingerprint density at radius 2 is 1.88 bits per heavy atom. The van der Waals surface area contributed by atoms with E-state index in [1.165, 1.54) is 0 Å². The molecule has 0 saturated carbocycles. The van der Waals surface area contributed by atoms with E-state index >= 15 is 0 Å². The average molecular weight is 367 g/mol. The second kappa shape index (κ2) is 8.50. The van der Waals surface area contributed by atoms with E-state index in [1.807, 2.05) is 73.7 Å². The molecule has 3 rings (SSSR count). The van der Waals surface area contributed by atoms with Crippen molar-refractivity contribution in [1.29, 1.82) is 0 Å². The van der Waals surface area contributed by atoms with Gasteiger partial charge in [0.05, 0.1) is 11.2 Å². The van der Waals surface area contributed by atoms with Crippen molar-refractivity contribution in [2.24, 2.45) is 0 Å². The number of rotatable bonds is 6. The molecular weight excluding hydrogens is 348 g/mol. The number of hydrogen-bond donors (Lipinski definition) is 1. The minimum absolute atomic E-state index is 0.0204. The number of amides is 1. The lowest BCUT2D eigenvalue weighted by Crippen LogP contribution is -2.28. The summed E-state index contributed by atoms with van der Waals surface area (Å²) in [6, 6.07) is 17.2. The predicted octanol–water partition coefficient (Wildman–Crippen LogP) is 4.57. The maximum absolute atomic E-state index is 11.4. The van der Waals surface area contributed by atoms with E-state index < -0.39 is 0 Å². The molecule has 1 amide bonds. The van der Waals surface area contributed by atoms with Crippen molar-refractivity contribution in [3.63, 3.8) is 0 Å². The van der Waals surface area contributed by atoms with Gasteiger partial charge in [0.2, 0.25) is 0 Å². The molecule has 0 fully saturated rings. The van der Waals surface area contributed by atoms with Gasteiger partial charge in [-0.15, -0.1) is 0 Å². The lowest BCUT2D eigenvalue weighted by molar-refractivity contribution is -0.122. The van der Waals surface area contributed by atoms with Crippen molar-refractivity contribution in [2.45, 2.75) is 6.92 Å². The van der Waals surface area contributed by atoms with Gasteiger partial charge in [0, 0.05) is 17.0 Å². The molecule has 5 heteroatoms. The summed E-state index contributed by atoms with van der Waals surface area (Å²) in [6.07, 6.45) is 3.93. The van der Waals surface area contributed by atoms with Crippen LogP contribution in [0.25, 0.3) is 23.1 Å². The first-order chi connectivity index (χ1) is 12.6. The van der Waals surface area contributed by atoms with E-state index in [1.54, 1.807) is 0 Å². The Hall–Kier alpha value is -2.85. The number of hydrogen-bond acceptors (Lipinski definition) is 3. The summed E-state index contributed by atoms with van der Waals surface area (Å²) in [4.78, 5) is 16.0. The Kier molecular flexibility index (Phi) is 5.87. The van der Waals surface area contributed by atoms with Crippen LogP contribution in [0.1, 0.15) is 18.2 Å². The van der Waals surface area contributed by atoms with Crippen molar-refractivity contribution in [1.82, 2.24) is 10.3 Å². The molecule has 132 valence electrons. The molecule has 0 spiro atoms. The fourth-order valence-corrected chi connectivity index (χ4v) is 2.62. The van der Waals surface area contributed by atoms with Gasteiger partial charge in [-0.05, 0) is 48.9 Å². The molecule has 0 saturated heterocycles. The highest BCUT2D eigenvalue weighted by atomic mass is 35.5. The molecule has 0 aliphatic heterocycles. The molecule has 1 N–H and O–H groups in total. The van der Waals surface area contributed by atoms with Crippen LogP contribution in [0.5, 0.6) is 5.75 Å². The van der Waals surface area contributed by atoms with E-state index in [0.29, 0.717) is 17.3 Å². The maximum Gasteiger partial charge on any atom is 0.257 e. The number of aromatic nitrogens is 1. The second-order valence-corrected chi connectivity index (χ2v) is 6.15. The molecule has 0 bridgehead atoms. The molecule has 0 radical (unpaired) electrons. The molecule has 0 unspecified atom stereocenters. The minimum atomic E-state index is -0.126. The minimum Gasteiger partial charge on any atom is -0.484 e. The highest BCUT2D eigenvalue weighted by Gasteiger charge is 2.01. The van der Waals surface area contributed by atoms with Gasteiger partial charge in [0.1, 0.15) is 5.75 Å². The average Bonchev–Trinajstić information content (AvgIpc) is 2.65. The summed E-state index contributed by atoms with van der Waals surface area (Å²) in [5.74, 6) is 0.533. The standard InChI is InChI=1S/C21H19ClN2O2/c1-2-23-21(25)14-26-19-11-4-15(5-12-19)3-9-18-10-7-16-6-8-17(22)13-20(16)24-18/h3-13H,2,14H2,1H3,(H,23,25)/b9-3+. The third-order valence-corrected chi connectivity index (χ3v) is 3.98. The highest BCUT2D eigenvalue weighted by molar-refractivity contribution is 6.31. The van der Waals surface area contributed by atoms with Crippen LogP contribution in [0.4, 0.5) is 0 Å². The van der Waals surface area contributed by atoms with E-state index in [2.05, 4.69) is 10.3 Å². The zero-order valence-corrected chi connectivity index (χ0v) is 15.2. The van der Waals surface area contributed by atoms with Gasteiger partial charge in [-0.1, -0.05) is 41.9 Å². The Balaban J connectivity index is 1.66. The molecule has 2 aromatic carbocycles. The van der Waals surface area contributed by atoms with Crippen molar-refractivity contribution in [2.75, 3.05) is 13.2 Å². The van der Waals surface area contributed by atoms with Gasteiger partial charge in [-0.3, -0.25) is 4.79 Å². The molecular formula is C21H19ClN2O2. The summed E-state index contributed by atoms with van der Waals surface area (Å²) < 4.78 is 5.44. The van der Waals surface area contributed by atoms with Gasteiger partial charge in [-0.25, -0.2) is 4.98 Å². The van der Waals surface area contributed by atoms with E-state index in [9.17, 15) is 4.79 Å². The highest BCUT2D eigenvalue weighted by Crippen LogP contribution is 2.19. The first-order valence-electron chi connectivity index (χ1n) is 8.38. The Morgan fingerprint density at radius 1 is 1.12 bits per heavy atom. The molecule has 3 aromatic rings. The summed E-state index contributed by atoms with van der Waals surface area (Å²) in [6.45, 7) is 2.49. The summed E-state index contributed by atoms with van der Waals surface area (Å²) in [5, 5.41) is 4.42. The number of pyridine rings is 1. The predicted molar refractivity (Wildman–Crippen MR) is 106 cm³/mol. The van der Waals surface area contributed by atoms with Gasteiger partial charge >= 0.3 is 0 Å². The maximum atomic E-state index is 11.4. The normalized spacial score (nSPS) is 11.0. The number of benzene rings is 2. The van der Waals surface area contributed by atoms with Crippen LogP contribution in [-0.4, -0.2) is 24.0 Å². The summed E-state index contributed by atoms with van der Waals surface area (Å²) in [5.41, 5.74) is 2.74. The number of carbonyl (C=O) groups excluding carboxylic acids is 1. The number of fused-ring (bicyclic) bond motifs is 1. The van der Waals surface area contributed by atoms with Crippen molar-refractivity contribution in [3.05, 3.63) is 70.9 Å². The second-order valence-electron chi connectivity index (χ2n) is 5.72. The van der Waals surface area contributed by atoms with Crippen LogP contribution in [-0.2, 0) is 4.79 Å². The molecule has 4 nitrogen and oxygen atoms in total. The molecule has 0 aliphatic rings. The summed E-state index contributed by atoms with van der Waals surface area (Å²) in [7, 11) is 0. The van der Waals surface area contributed by atoms with Crippen LogP contribution in [0.15, 0.2) is 54.6 Å². The zero-order chi connectivity index (χ0) is 18.4. The molecule has 1 aromatic heterocycles. The van der Waals surface area contributed by atoms with E-state index in [0.717, 1.165) is 22.2 Å². The van der Waals surface area contributed by atoms with Gasteiger partial charge in [-0.2, -0.15) is 0 Å².